The molecule has 2 aliphatic rings. The molecule has 1 aliphatic heterocycles. The second kappa shape index (κ2) is 6.25. The van der Waals surface area contributed by atoms with Crippen molar-refractivity contribution in [3.8, 4) is 0 Å². The molecule has 1 aromatic carbocycles. The monoisotopic (exact) mass is 274 g/mol. The first-order chi connectivity index (χ1) is 9.75. The Kier molecular flexibility index (Phi) is 4.39. The van der Waals surface area contributed by atoms with E-state index in [9.17, 15) is 0 Å². The molecule has 0 aromatic heterocycles. The number of benzene rings is 1. The Bertz CT molecular complexity index is 446. The van der Waals surface area contributed by atoms with Crippen LogP contribution in [0.1, 0.15) is 30.1 Å². The van der Waals surface area contributed by atoms with Crippen LogP contribution in [0.2, 0.25) is 0 Å². The molecule has 1 aliphatic carbocycles. The van der Waals surface area contributed by atoms with Gasteiger partial charge in [0.15, 0.2) is 0 Å². The van der Waals surface area contributed by atoms with Crippen LogP contribution in [0.15, 0.2) is 24.3 Å². The summed E-state index contributed by atoms with van der Waals surface area (Å²) >= 11 is 0. The van der Waals surface area contributed by atoms with Gasteiger partial charge in [-0.3, -0.25) is 4.90 Å². The molecule has 0 spiro atoms. The number of ether oxygens (including phenoxy) is 1. The van der Waals surface area contributed by atoms with Crippen molar-refractivity contribution < 1.29 is 4.74 Å². The minimum absolute atomic E-state index is 0.282. The summed E-state index contributed by atoms with van der Waals surface area (Å²) in [7, 11) is 4.31. The maximum Gasteiger partial charge on any atom is 0.0983 e. The van der Waals surface area contributed by atoms with Gasteiger partial charge in [-0.05, 0) is 44.5 Å². The van der Waals surface area contributed by atoms with E-state index in [4.69, 9.17) is 4.74 Å². The van der Waals surface area contributed by atoms with Gasteiger partial charge in [0.25, 0.3) is 0 Å². The summed E-state index contributed by atoms with van der Waals surface area (Å²) in [6.45, 7) is 4.23. The molecular weight excluding hydrogens is 248 g/mol. The smallest absolute Gasteiger partial charge is 0.0983 e. The third kappa shape index (κ3) is 2.90. The van der Waals surface area contributed by atoms with E-state index in [2.05, 4.69) is 48.2 Å². The predicted molar refractivity (Wildman–Crippen MR) is 82.0 cm³/mol. The molecule has 3 nitrogen and oxygen atoms in total. The van der Waals surface area contributed by atoms with E-state index < -0.39 is 0 Å². The molecule has 0 radical (unpaired) electrons. The second-order valence-corrected chi connectivity index (χ2v) is 6.29. The van der Waals surface area contributed by atoms with Gasteiger partial charge >= 0.3 is 0 Å². The molecule has 20 heavy (non-hydrogen) atoms. The lowest BCUT2D eigenvalue weighted by molar-refractivity contribution is -0.0757. The highest BCUT2D eigenvalue weighted by Gasteiger charge is 2.35. The zero-order valence-electron chi connectivity index (χ0n) is 12.7. The highest BCUT2D eigenvalue weighted by Crippen LogP contribution is 2.36. The van der Waals surface area contributed by atoms with Crippen LogP contribution in [0.25, 0.3) is 0 Å². The third-order valence-corrected chi connectivity index (χ3v) is 4.64. The first kappa shape index (κ1) is 14.1. The largest absolute Gasteiger partial charge is 0.371 e. The van der Waals surface area contributed by atoms with E-state index >= 15 is 0 Å². The lowest BCUT2D eigenvalue weighted by Gasteiger charge is -2.41. The van der Waals surface area contributed by atoms with Gasteiger partial charge in [-0.25, -0.2) is 0 Å². The second-order valence-electron chi connectivity index (χ2n) is 6.29. The molecule has 1 aromatic rings. The molecule has 1 saturated heterocycles. The van der Waals surface area contributed by atoms with Gasteiger partial charge < -0.3 is 9.64 Å². The van der Waals surface area contributed by atoms with E-state index in [0.717, 1.165) is 26.2 Å². The standard InChI is InChI=1S/C17H26N2O/c1-18(2)10-11-19-12-13-20-17-15-8-4-3-6-14(15)7-5-9-16(17)19/h3-4,6,8,16-17H,5,7,9-13H2,1-2H3. The summed E-state index contributed by atoms with van der Waals surface area (Å²) in [6, 6.07) is 9.43. The normalized spacial score (nSPS) is 26.9. The first-order valence-corrected chi connectivity index (χ1v) is 7.84. The zero-order valence-corrected chi connectivity index (χ0v) is 12.7. The van der Waals surface area contributed by atoms with Crippen molar-refractivity contribution in [2.45, 2.75) is 31.4 Å². The molecular formula is C17H26N2O. The van der Waals surface area contributed by atoms with E-state index in [-0.39, 0.29) is 6.10 Å². The first-order valence-electron chi connectivity index (χ1n) is 7.84. The van der Waals surface area contributed by atoms with Gasteiger partial charge in [0.1, 0.15) is 0 Å². The summed E-state index contributed by atoms with van der Waals surface area (Å²) in [5.74, 6) is 0. The van der Waals surface area contributed by atoms with Crippen molar-refractivity contribution in [2.75, 3.05) is 40.3 Å². The molecule has 1 fully saturated rings. The highest BCUT2D eigenvalue weighted by molar-refractivity contribution is 5.32. The fourth-order valence-electron chi connectivity index (χ4n) is 3.54. The molecule has 1 heterocycles. The number of nitrogens with zero attached hydrogens (tertiary/aromatic N) is 2. The topological polar surface area (TPSA) is 15.7 Å². The zero-order chi connectivity index (χ0) is 13.9. The Morgan fingerprint density at radius 2 is 2.15 bits per heavy atom. The average Bonchev–Trinajstić information content (AvgIpc) is 2.65. The molecule has 0 amide bonds. The van der Waals surface area contributed by atoms with E-state index in [1.54, 1.807) is 0 Å². The van der Waals surface area contributed by atoms with Gasteiger partial charge in [-0.1, -0.05) is 24.3 Å². The number of hydrogen-bond donors (Lipinski definition) is 0. The van der Waals surface area contributed by atoms with Crippen LogP contribution in [0.3, 0.4) is 0 Å². The van der Waals surface area contributed by atoms with Gasteiger partial charge in [0, 0.05) is 25.7 Å². The number of fused-ring (bicyclic) bond motifs is 3. The summed E-state index contributed by atoms with van der Waals surface area (Å²) in [6.07, 6.45) is 4.02. The third-order valence-electron chi connectivity index (χ3n) is 4.64. The number of rotatable bonds is 3. The van der Waals surface area contributed by atoms with Crippen LogP contribution in [0.5, 0.6) is 0 Å². The lowest BCUT2D eigenvalue weighted by Crippen LogP contribution is -2.49. The molecule has 2 atom stereocenters. The molecule has 3 heteroatoms. The predicted octanol–water partition coefficient (Wildman–Crippen LogP) is 2.33. The van der Waals surface area contributed by atoms with Crippen LogP contribution in [-0.2, 0) is 11.2 Å². The SMILES string of the molecule is CN(C)CCN1CCOC2c3ccccc3CCCC21. The van der Waals surface area contributed by atoms with Crippen LogP contribution in [-0.4, -0.2) is 56.2 Å². The Balaban J connectivity index is 1.80. The number of aryl methyl sites for hydroxylation is 1. The Hall–Kier alpha value is -0.900. The summed E-state index contributed by atoms with van der Waals surface area (Å²) in [4.78, 5) is 4.92. The molecule has 0 N–H and O–H groups in total. The number of hydrogen-bond acceptors (Lipinski definition) is 3. The van der Waals surface area contributed by atoms with Gasteiger partial charge in [0.2, 0.25) is 0 Å². The lowest BCUT2D eigenvalue weighted by atomic mass is 9.96. The Morgan fingerprint density at radius 3 is 3.00 bits per heavy atom. The fourth-order valence-corrected chi connectivity index (χ4v) is 3.54. The van der Waals surface area contributed by atoms with Gasteiger partial charge in [0.05, 0.1) is 12.7 Å². The summed E-state index contributed by atoms with van der Waals surface area (Å²) in [5.41, 5.74) is 2.93. The summed E-state index contributed by atoms with van der Waals surface area (Å²) in [5, 5.41) is 0. The fraction of sp³-hybridized carbons (Fsp3) is 0.647. The Labute approximate surface area is 122 Å². The van der Waals surface area contributed by atoms with Crippen molar-refractivity contribution in [1.82, 2.24) is 9.80 Å². The van der Waals surface area contributed by atoms with Crippen molar-refractivity contribution >= 4 is 0 Å². The maximum atomic E-state index is 6.17. The van der Waals surface area contributed by atoms with Crippen molar-refractivity contribution in [1.29, 1.82) is 0 Å². The quantitative estimate of drug-likeness (QED) is 0.841. The molecule has 2 unspecified atom stereocenters. The van der Waals surface area contributed by atoms with Crippen LogP contribution in [0.4, 0.5) is 0 Å². The van der Waals surface area contributed by atoms with Crippen molar-refractivity contribution in [2.24, 2.45) is 0 Å². The number of morpholine rings is 1. The Morgan fingerprint density at radius 1 is 1.30 bits per heavy atom. The van der Waals surface area contributed by atoms with E-state index in [1.165, 1.54) is 30.4 Å². The molecule has 0 saturated carbocycles. The highest BCUT2D eigenvalue weighted by atomic mass is 16.5. The minimum Gasteiger partial charge on any atom is -0.371 e. The average molecular weight is 274 g/mol. The molecule has 0 bridgehead atoms. The maximum absolute atomic E-state index is 6.17. The van der Waals surface area contributed by atoms with Gasteiger partial charge in [-0.15, -0.1) is 0 Å². The summed E-state index contributed by atoms with van der Waals surface area (Å²) < 4.78 is 6.17. The van der Waals surface area contributed by atoms with Crippen LogP contribution >= 0.6 is 0 Å². The van der Waals surface area contributed by atoms with Crippen molar-refractivity contribution in [3.63, 3.8) is 0 Å². The molecule has 3 rings (SSSR count). The van der Waals surface area contributed by atoms with Crippen molar-refractivity contribution in [3.05, 3.63) is 35.4 Å². The van der Waals surface area contributed by atoms with E-state index in [0.29, 0.717) is 6.04 Å². The number of likely N-dealkylation sites (N-methyl/N-ethyl adjacent to an activating group) is 1. The van der Waals surface area contributed by atoms with Gasteiger partial charge in [-0.2, -0.15) is 0 Å². The molecule has 110 valence electrons. The van der Waals surface area contributed by atoms with E-state index in [1.807, 2.05) is 0 Å². The van der Waals surface area contributed by atoms with Crippen LogP contribution < -0.4 is 0 Å². The van der Waals surface area contributed by atoms with Crippen LogP contribution in [0, 0.1) is 0 Å². The minimum atomic E-state index is 0.282.